The molecule has 0 fully saturated rings. The Morgan fingerprint density at radius 2 is 1.85 bits per heavy atom. The third kappa shape index (κ3) is 2.99. The second-order valence-corrected chi connectivity index (χ2v) is 4.41. The molecule has 2 aromatic carbocycles. The molecule has 3 nitrogen and oxygen atoms in total. The molecule has 0 saturated carbocycles. The maximum Gasteiger partial charge on any atom is 0.167 e. The molecule has 0 amide bonds. The molecular formula is C15H16F2N2O. The number of anilines is 3. The summed E-state index contributed by atoms with van der Waals surface area (Å²) in [5, 5.41) is 2.85. The first-order valence-electron chi connectivity index (χ1n) is 6.26. The van der Waals surface area contributed by atoms with Gasteiger partial charge in [0, 0.05) is 12.1 Å². The van der Waals surface area contributed by atoms with Crippen LogP contribution in [0.2, 0.25) is 0 Å². The fourth-order valence-corrected chi connectivity index (χ4v) is 1.81. The van der Waals surface area contributed by atoms with Gasteiger partial charge in [0.2, 0.25) is 0 Å². The molecule has 0 aliphatic heterocycles. The molecule has 0 bridgehead atoms. The van der Waals surface area contributed by atoms with Crippen molar-refractivity contribution >= 4 is 17.1 Å². The van der Waals surface area contributed by atoms with Gasteiger partial charge in [0.15, 0.2) is 11.6 Å². The van der Waals surface area contributed by atoms with Gasteiger partial charge in [-0.15, -0.1) is 0 Å². The molecule has 0 radical (unpaired) electrons. The molecule has 0 heterocycles. The van der Waals surface area contributed by atoms with E-state index in [4.69, 9.17) is 10.5 Å². The summed E-state index contributed by atoms with van der Waals surface area (Å²) in [6.07, 6.45) is 0. The van der Waals surface area contributed by atoms with E-state index in [-0.39, 0.29) is 17.1 Å². The number of nitrogens with two attached hydrogens (primary N) is 1. The van der Waals surface area contributed by atoms with Crippen LogP contribution in [-0.2, 0) is 0 Å². The van der Waals surface area contributed by atoms with Crippen LogP contribution < -0.4 is 15.8 Å². The zero-order chi connectivity index (χ0) is 14.7. The van der Waals surface area contributed by atoms with Crippen molar-refractivity contribution in [3.8, 4) is 5.75 Å². The highest BCUT2D eigenvalue weighted by atomic mass is 19.1. The van der Waals surface area contributed by atoms with E-state index >= 15 is 0 Å². The number of hydrogen-bond donors (Lipinski definition) is 2. The molecule has 0 saturated heterocycles. The monoisotopic (exact) mass is 278 g/mol. The van der Waals surface area contributed by atoms with Crippen molar-refractivity contribution in [1.29, 1.82) is 0 Å². The van der Waals surface area contributed by atoms with Gasteiger partial charge in [-0.25, -0.2) is 8.78 Å². The molecule has 0 aromatic heterocycles. The molecule has 106 valence electrons. The fourth-order valence-electron chi connectivity index (χ4n) is 1.81. The number of nitrogens with one attached hydrogen (secondary N) is 1. The lowest BCUT2D eigenvalue weighted by Crippen LogP contribution is -2.02. The van der Waals surface area contributed by atoms with E-state index in [0.29, 0.717) is 12.3 Å². The Bertz CT molecular complexity index is 630. The molecule has 0 atom stereocenters. The number of aryl methyl sites for hydroxylation is 1. The van der Waals surface area contributed by atoms with Crippen LogP contribution in [0, 0.1) is 18.6 Å². The Balaban J connectivity index is 2.35. The molecule has 0 spiro atoms. The fraction of sp³-hybridized carbons (Fsp3) is 0.200. The Morgan fingerprint density at radius 1 is 1.10 bits per heavy atom. The van der Waals surface area contributed by atoms with Crippen LogP contribution in [0.15, 0.2) is 30.3 Å². The summed E-state index contributed by atoms with van der Waals surface area (Å²) >= 11 is 0. The highest BCUT2D eigenvalue weighted by Gasteiger charge is 2.11. The Morgan fingerprint density at radius 3 is 2.50 bits per heavy atom. The topological polar surface area (TPSA) is 47.3 Å². The minimum Gasteiger partial charge on any atom is -0.491 e. The zero-order valence-corrected chi connectivity index (χ0v) is 11.3. The van der Waals surface area contributed by atoms with Crippen LogP contribution in [-0.4, -0.2) is 6.61 Å². The summed E-state index contributed by atoms with van der Waals surface area (Å²) in [6, 6.07) is 7.36. The highest BCUT2D eigenvalue weighted by Crippen LogP contribution is 2.31. The minimum absolute atomic E-state index is 0.0803. The van der Waals surface area contributed by atoms with Gasteiger partial charge in [0.25, 0.3) is 0 Å². The smallest absolute Gasteiger partial charge is 0.167 e. The number of halogens is 2. The van der Waals surface area contributed by atoms with Gasteiger partial charge in [0.05, 0.1) is 23.7 Å². The quantitative estimate of drug-likeness (QED) is 0.831. The molecule has 2 aromatic rings. The van der Waals surface area contributed by atoms with Crippen LogP contribution in [0.25, 0.3) is 0 Å². The maximum absolute atomic E-state index is 13.8. The molecule has 5 heteroatoms. The first-order valence-corrected chi connectivity index (χ1v) is 6.26. The summed E-state index contributed by atoms with van der Waals surface area (Å²) in [5.74, 6) is -0.859. The van der Waals surface area contributed by atoms with E-state index in [1.165, 1.54) is 12.1 Å². The van der Waals surface area contributed by atoms with Gasteiger partial charge >= 0.3 is 0 Å². The van der Waals surface area contributed by atoms with E-state index in [9.17, 15) is 8.78 Å². The van der Waals surface area contributed by atoms with Crippen molar-refractivity contribution in [3.63, 3.8) is 0 Å². The van der Waals surface area contributed by atoms with E-state index in [1.54, 1.807) is 26.0 Å². The molecule has 2 rings (SSSR count). The second-order valence-electron chi connectivity index (χ2n) is 4.41. The third-order valence-electron chi connectivity index (χ3n) is 2.80. The summed E-state index contributed by atoms with van der Waals surface area (Å²) in [4.78, 5) is 0. The minimum atomic E-state index is -0.542. The first kappa shape index (κ1) is 14.1. The third-order valence-corrected chi connectivity index (χ3v) is 2.80. The summed E-state index contributed by atoms with van der Waals surface area (Å²) in [6.45, 7) is 3.88. The number of nitrogen functional groups attached to an aromatic ring is 1. The summed E-state index contributed by atoms with van der Waals surface area (Å²) < 4.78 is 32.5. The van der Waals surface area contributed by atoms with Crippen molar-refractivity contribution < 1.29 is 13.5 Å². The lowest BCUT2D eigenvalue weighted by molar-refractivity contribution is 0.322. The van der Waals surface area contributed by atoms with E-state index in [1.807, 2.05) is 0 Å². The van der Waals surface area contributed by atoms with Crippen LogP contribution >= 0.6 is 0 Å². The van der Waals surface area contributed by atoms with Gasteiger partial charge in [-0.1, -0.05) is 6.07 Å². The largest absolute Gasteiger partial charge is 0.491 e. The van der Waals surface area contributed by atoms with E-state index in [2.05, 4.69) is 5.32 Å². The van der Waals surface area contributed by atoms with Crippen molar-refractivity contribution in [2.75, 3.05) is 17.7 Å². The molecular weight excluding hydrogens is 262 g/mol. The van der Waals surface area contributed by atoms with Crippen LogP contribution in [0.5, 0.6) is 5.75 Å². The predicted octanol–water partition coefficient (Wildman–Crippen LogP) is 4.00. The Hall–Kier alpha value is -2.30. The first-order chi connectivity index (χ1) is 9.51. The molecule has 3 N–H and O–H groups in total. The van der Waals surface area contributed by atoms with Crippen LogP contribution in [0.1, 0.15) is 12.5 Å². The normalized spacial score (nSPS) is 10.4. The number of ether oxygens (including phenoxy) is 1. The number of rotatable bonds is 4. The van der Waals surface area contributed by atoms with Crippen molar-refractivity contribution in [3.05, 3.63) is 47.5 Å². The lowest BCUT2D eigenvalue weighted by Gasteiger charge is -2.13. The van der Waals surface area contributed by atoms with Gasteiger partial charge in [-0.2, -0.15) is 0 Å². The molecule has 0 unspecified atom stereocenters. The second kappa shape index (κ2) is 5.77. The molecule has 20 heavy (non-hydrogen) atoms. The van der Waals surface area contributed by atoms with Crippen molar-refractivity contribution in [1.82, 2.24) is 0 Å². The summed E-state index contributed by atoms with van der Waals surface area (Å²) in [5.41, 5.74) is 7.41. The highest BCUT2D eigenvalue weighted by molar-refractivity contribution is 5.74. The number of benzene rings is 2. The number of hydrogen-bond acceptors (Lipinski definition) is 3. The van der Waals surface area contributed by atoms with Gasteiger partial charge < -0.3 is 15.8 Å². The van der Waals surface area contributed by atoms with Gasteiger partial charge in [0.1, 0.15) is 5.82 Å². The van der Waals surface area contributed by atoms with Gasteiger partial charge in [-0.3, -0.25) is 0 Å². The van der Waals surface area contributed by atoms with Gasteiger partial charge in [-0.05, 0) is 31.5 Å². The molecule has 0 aliphatic carbocycles. The van der Waals surface area contributed by atoms with Crippen LogP contribution in [0.3, 0.4) is 0 Å². The lowest BCUT2D eigenvalue weighted by atomic mass is 10.2. The van der Waals surface area contributed by atoms with E-state index < -0.39 is 11.6 Å². The van der Waals surface area contributed by atoms with E-state index in [0.717, 1.165) is 11.6 Å². The van der Waals surface area contributed by atoms with Crippen molar-refractivity contribution in [2.45, 2.75) is 13.8 Å². The predicted molar refractivity (Wildman–Crippen MR) is 76.4 cm³/mol. The zero-order valence-electron chi connectivity index (χ0n) is 11.3. The Kier molecular flexibility index (Phi) is 4.08. The SMILES string of the molecule is CCOc1cc(Nc2ccc(C)cc2F)c(N)cc1F. The maximum atomic E-state index is 13.8. The summed E-state index contributed by atoms with van der Waals surface area (Å²) in [7, 11) is 0. The molecule has 0 aliphatic rings. The average Bonchev–Trinajstić information content (AvgIpc) is 2.38. The average molecular weight is 278 g/mol. The van der Waals surface area contributed by atoms with Crippen LogP contribution in [0.4, 0.5) is 25.8 Å². The standard InChI is InChI=1S/C15H16F2N2O/c1-3-20-15-8-14(12(18)7-11(15)17)19-13-5-4-9(2)6-10(13)16/h4-8,19H,3,18H2,1-2H3. The Labute approximate surface area is 116 Å². The van der Waals surface area contributed by atoms with Crippen molar-refractivity contribution in [2.24, 2.45) is 0 Å².